The van der Waals surface area contributed by atoms with Gasteiger partial charge in [0.15, 0.2) is 0 Å². The van der Waals surface area contributed by atoms with Crippen LogP contribution in [0.1, 0.15) is 33.6 Å². The Bertz CT molecular complexity index is 229. The maximum absolute atomic E-state index is 11.5. The Balaban J connectivity index is 3.98. The normalized spacial score (nSPS) is 12.5. The van der Waals surface area contributed by atoms with E-state index in [1.165, 1.54) is 0 Å². The van der Waals surface area contributed by atoms with E-state index >= 15 is 0 Å². The Morgan fingerprint density at radius 3 is 2.38 bits per heavy atom. The lowest BCUT2D eigenvalue weighted by molar-refractivity contribution is -0.138. The van der Waals surface area contributed by atoms with Crippen LogP contribution in [-0.2, 0) is 9.59 Å². The van der Waals surface area contributed by atoms with Crippen molar-refractivity contribution in [2.24, 2.45) is 5.92 Å². The first kappa shape index (κ1) is 14.9. The Morgan fingerprint density at radius 2 is 1.94 bits per heavy atom. The molecule has 3 N–H and O–H groups in total. The number of hydrogen-bond acceptors (Lipinski definition) is 3. The lowest BCUT2D eigenvalue weighted by Gasteiger charge is -2.20. The molecule has 0 saturated carbocycles. The van der Waals surface area contributed by atoms with Crippen molar-refractivity contribution >= 4 is 11.9 Å². The van der Waals surface area contributed by atoms with E-state index in [0.717, 1.165) is 6.54 Å². The van der Waals surface area contributed by atoms with E-state index in [-0.39, 0.29) is 24.3 Å². The van der Waals surface area contributed by atoms with Crippen molar-refractivity contribution in [2.45, 2.75) is 39.7 Å². The predicted molar refractivity (Wildman–Crippen MR) is 62.2 cm³/mol. The monoisotopic (exact) mass is 230 g/mol. The molecule has 16 heavy (non-hydrogen) atoms. The van der Waals surface area contributed by atoms with E-state index < -0.39 is 5.97 Å². The van der Waals surface area contributed by atoms with Crippen molar-refractivity contribution in [3.63, 3.8) is 0 Å². The minimum atomic E-state index is -0.884. The Kier molecular flexibility index (Phi) is 7.54. The molecular formula is C11H22N2O3. The third kappa shape index (κ3) is 7.23. The minimum Gasteiger partial charge on any atom is -0.481 e. The van der Waals surface area contributed by atoms with Crippen molar-refractivity contribution in [1.82, 2.24) is 10.6 Å². The fourth-order valence-electron chi connectivity index (χ4n) is 1.30. The minimum absolute atomic E-state index is 0.0232. The Labute approximate surface area is 96.6 Å². The molecule has 0 fully saturated rings. The van der Waals surface area contributed by atoms with E-state index in [1.54, 1.807) is 0 Å². The van der Waals surface area contributed by atoms with Gasteiger partial charge in [0, 0.05) is 19.0 Å². The Morgan fingerprint density at radius 1 is 1.31 bits per heavy atom. The van der Waals surface area contributed by atoms with E-state index in [4.69, 9.17) is 5.11 Å². The molecule has 0 spiro atoms. The van der Waals surface area contributed by atoms with Gasteiger partial charge in [0.25, 0.3) is 0 Å². The predicted octanol–water partition coefficient (Wildman–Crippen LogP) is 0.601. The maximum Gasteiger partial charge on any atom is 0.305 e. The number of aliphatic carboxylic acids is 1. The number of carboxylic acid groups (broad SMARTS) is 1. The summed E-state index contributed by atoms with van der Waals surface area (Å²) in [4.78, 5) is 22.1. The molecule has 0 aromatic rings. The van der Waals surface area contributed by atoms with E-state index in [0.29, 0.717) is 13.0 Å². The van der Waals surface area contributed by atoms with Gasteiger partial charge in [-0.3, -0.25) is 9.59 Å². The molecule has 0 heterocycles. The third-order valence-corrected chi connectivity index (χ3v) is 2.32. The van der Waals surface area contributed by atoms with Crippen molar-refractivity contribution in [1.29, 1.82) is 0 Å². The van der Waals surface area contributed by atoms with Crippen LogP contribution in [0, 0.1) is 5.92 Å². The lowest BCUT2D eigenvalue weighted by atomic mass is 10.0. The van der Waals surface area contributed by atoms with Crippen LogP contribution in [0.25, 0.3) is 0 Å². The number of carbonyl (C=O) groups excluding carboxylic acids is 1. The second-order valence-electron chi connectivity index (χ2n) is 4.12. The average molecular weight is 230 g/mol. The van der Waals surface area contributed by atoms with Crippen LogP contribution in [0.3, 0.4) is 0 Å². The summed E-state index contributed by atoms with van der Waals surface area (Å²) in [7, 11) is 0. The highest BCUT2D eigenvalue weighted by atomic mass is 16.4. The zero-order valence-corrected chi connectivity index (χ0v) is 10.2. The molecule has 5 nitrogen and oxygen atoms in total. The third-order valence-electron chi connectivity index (χ3n) is 2.32. The van der Waals surface area contributed by atoms with Crippen LogP contribution in [-0.4, -0.2) is 36.1 Å². The van der Waals surface area contributed by atoms with Gasteiger partial charge in [-0.15, -0.1) is 0 Å². The number of nitrogens with one attached hydrogen (secondary N) is 2. The topological polar surface area (TPSA) is 78.4 Å². The summed E-state index contributed by atoms with van der Waals surface area (Å²) in [5, 5.41) is 14.5. The van der Waals surface area contributed by atoms with Crippen LogP contribution >= 0.6 is 0 Å². The molecule has 1 unspecified atom stereocenters. The van der Waals surface area contributed by atoms with Crippen molar-refractivity contribution in [3.8, 4) is 0 Å². The molecule has 94 valence electrons. The number of amides is 1. The van der Waals surface area contributed by atoms with Gasteiger partial charge in [0.05, 0.1) is 6.42 Å². The number of carboxylic acids is 1. The standard InChI is InChI=1S/C11H22N2O3/c1-4-12-6-5-10(14)13-9(8(2)3)7-11(15)16/h8-9,12H,4-7H2,1-3H3,(H,13,14)(H,15,16). The smallest absolute Gasteiger partial charge is 0.305 e. The van der Waals surface area contributed by atoms with Crippen molar-refractivity contribution < 1.29 is 14.7 Å². The summed E-state index contributed by atoms with van der Waals surface area (Å²) in [5.74, 6) is -0.856. The molecule has 1 amide bonds. The maximum atomic E-state index is 11.5. The lowest BCUT2D eigenvalue weighted by Crippen LogP contribution is -2.41. The quantitative estimate of drug-likeness (QED) is 0.534. The summed E-state index contributed by atoms with van der Waals surface area (Å²) < 4.78 is 0. The van der Waals surface area contributed by atoms with Gasteiger partial charge in [0.1, 0.15) is 0 Å². The molecule has 1 atom stereocenters. The molecule has 0 aliphatic heterocycles. The molecule has 0 radical (unpaired) electrons. The fourth-order valence-corrected chi connectivity index (χ4v) is 1.30. The molecule has 0 bridgehead atoms. The summed E-state index contributed by atoms with van der Waals surface area (Å²) in [6, 6.07) is -0.286. The van der Waals surface area contributed by atoms with Crippen LogP contribution in [0.4, 0.5) is 0 Å². The van der Waals surface area contributed by atoms with E-state index in [1.807, 2.05) is 20.8 Å². The van der Waals surface area contributed by atoms with Gasteiger partial charge >= 0.3 is 5.97 Å². The van der Waals surface area contributed by atoms with E-state index in [9.17, 15) is 9.59 Å². The molecule has 0 aliphatic rings. The SMILES string of the molecule is CCNCCC(=O)NC(CC(=O)O)C(C)C. The van der Waals surface area contributed by atoms with Crippen molar-refractivity contribution in [2.75, 3.05) is 13.1 Å². The summed E-state index contributed by atoms with van der Waals surface area (Å²) in [5.41, 5.74) is 0. The van der Waals surface area contributed by atoms with Gasteiger partial charge < -0.3 is 15.7 Å². The fraction of sp³-hybridized carbons (Fsp3) is 0.818. The first-order chi connectivity index (χ1) is 7.47. The largest absolute Gasteiger partial charge is 0.481 e. The zero-order valence-electron chi connectivity index (χ0n) is 10.2. The number of rotatable bonds is 8. The molecule has 0 rings (SSSR count). The second-order valence-corrected chi connectivity index (χ2v) is 4.12. The molecule has 5 heteroatoms. The first-order valence-corrected chi connectivity index (χ1v) is 5.69. The van der Waals surface area contributed by atoms with Gasteiger partial charge in [-0.05, 0) is 12.5 Å². The summed E-state index contributed by atoms with van der Waals surface area (Å²) in [6.07, 6.45) is 0.362. The van der Waals surface area contributed by atoms with Gasteiger partial charge in [-0.2, -0.15) is 0 Å². The highest BCUT2D eigenvalue weighted by Crippen LogP contribution is 2.06. The average Bonchev–Trinajstić information content (AvgIpc) is 2.16. The molecule has 0 saturated heterocycles. The molecular weight excluding hydrogens is 208 g/mol. The Hall–Kier alpha value is -1.10. The summed E-state index contributed by atoms with van der Waals surface area (Å²) in [6.45, 7) is 7.23. The highest BCUT2D eigenvalue weighted by molar-refractivity contribution is 5.77. The van der Waals surface area contributed by atoms with Crippen LogP contribution in [0.2, 0.25) is 0 Å². The van der Waals surface area contributed by atoms with Crippen LogP contribution in [0.5, 0.6) is 0 Å². The van der Waals surface area contributed by atoms with Gasteiger partial charge in [0.2, 0.25) is 5.91 Å². The number of carbonyl (C=O) groups is 2. The van der Waals surface area contributed by atoms with Crippen molar-refractivity contribution in [3.05, 3.63) is 0 Å². The molecule has 0 aromatic heterocycles. The summed E-state index contributed by atoms with van der Waals surface area (Å²) >= 11 is 0. The van der Waals surface area contributed by atoms with E-state index in [2.05, 4.69) is 10.6 Å². The van der Waals surface area contributed by atoms with Gasteiger partial charge in [-0.1, -0.05) is 20.8 Å². The first-order valence-electron chi connectivity index (χ1n) is 5.69. The second kappa shape index (κ2) is 8.10. The van der Waals surface area contributed by atoms with Gasteiger partial charge in [-0.25, -0.2) is 0 Å². The highest BCUT2D eigenvalue weighted by Gasteiger charge is 2.18. The molecule has 0 aromatic carbocycles. The zero-order chi connectivity index (χ0) is 12.6. The molecule has 0 aliphatic carbocycles. The van der Waals surface area contributed by atoms with Crippen LogP contribution in [0.15, 0.2) is 0 Å². The van der Waals surface area contributed by atoms with Crippen LogP contribution < -0.4 is 10.6 Å². The number of hydrogen-bond donors (Lipinski definition) is 3.